The van der Waals surface area contributed by atoms with Crippen LogP contribution in [0.15, 0.2) is 78.9 Å². The van der Waals surface area contributed by atoms with Crippen LogP contribution < -0.4 is 0 Å². The van der Waals surface area contributed by atoms with Gasteiger partial charge < -0.3 is 9.47 Å². The molecule has 0 bridgehead atoms. The van der Waals surface area contributed by atoms with Crippen molar-refractivity contribution in [2.75, 3.05) is 13.7 Å². The van der Waals surface area contributed by atoms with Crippen LogP contribution in [0.5, 0.6) is 0 Å². The Morgan fingerprint density at radius 3 is 2.30 bits per heavy atom. The van der Waals surface area contributed by atoms with Crippen molar-refractivity contribution in [1.82, 2.24) is 0 Å². The van der Waals surface area contributed by atoms with E-state index in [1.54, 1.807) is 7.11 Å². The van der Waals surface area contributed by atoms with Gasteiger partial charge in [0.25, 0.3) is 0 Å². The number of fused-ring (bicyclic) bond motifs is 4. The average Bonchev–Trinajstić information content (AvgIpc) is 3.35. The first kappa shape index (κ1) is 18.1. The molecule has 2 fully saturated rings. The van der Waals surface area contributed by atoms with Crippen molar-refractivity contribution in [3.63, 3.8) is 0 Å². The van der Waals surface area contributed by atoms with Gasteiger partial charge in [-0.2, -0.15) is 0 Å². The number of hydrogen-bond acceptors (Lipinski definition) is 2. The van der Waals surface area contributed by atoms with Crippen molar-refractivity contribution < 1.29 is 9.47 Å². The molecule has 1 saturated carbocycles. The summed E-state index contributed by atoms with van der Waals surface area (Å²) in [5.41, 5.74) is 3.90. The summed E-state index contributed by atoms with van der Waals surface area (Å²) in [5, 5.41) is 5.21. The first-order chi connectivity index (χ1) is 14.8. The van der Waals surface area contributed by atoms with Gasteiger partial charge in [-0.15, -0.1) is 0 Å². The minimum absolute atomic E-state index is 0.00820. The molecule has 1 aliphatic heterocycles. The van der Waals surface area contributed by atoms with Crippen LogP contribution >= 0.6 is 0 Å². The molecule has 2 aliphatic rings. The van der Waals surface area contributed by atoms with E-state index in [4.69, 9.17) is 9.47 Å². The molecule has 6 rings (SSSR count). The minimum atomic E-state index is -0.440. The third kappa shape index (κ3) is 2.38. The van der Waals surface area contributed by atoms with Gasteiger partial charge >= 0.3 is 0 Å². The smallest absolute Gasteiger partial charge is 0.177 e. The van der Waals surface area contributed by atoms with Crippen LogP contribution in [0.25, 0.3) is 32.7 Å². The summed E-state index contributed by atoms with van der Waals surface area (Å²) in [7, 11) is 1.81. The molecule has 30 heavy (non-hydrogen) atoms. The van der Waals surface area contributed by atoms with Gasteiger partial charge in [-0.25, -0.2) is 0 Å². The second-order valence-electron chi connectivity index (χ2n) is 8.76. The Morgan fingerprint density at radius 2 is 1.50 bits per heavy atom. The zero-order chi connectivity index (χ0) is 20.2. The fourth-order valence-electron chi connectivity index (χ4n) is 6.10. The van der Waals surface area contributed by atoms with Crippen molar-refractivity contribution in [2.24, 2.45) is 0 Å². The lowest BCUT2D eigenvalue weighted by Crippen LogP contribution is -2.45. The molecule has 2 atom stereocenters. The molecular weight excluding hydrogens is 368 g/mol. The fraction of sp³-hybridized carbons (Fsp3) is 0.286. The van der Waals surface area contributed by atoms with Crippen molar-refractivity contribution in [3.8, 4) is 11.1 Å². The van der Waals surface area contributed by atoms with Crippen molar-refractivity contribution in [1.29, 1.82) is 0 Å². The van der Waals surface area contributed by atoms with E-state index in [0.29, 0.717) is 0 Å². The topological polar surface area (TPSA) is 18.5 Å². The molecule has 0 amide bonds. The zero-order valence-electron chi connectivity index (χ0n) is 17.4. The molecule has 2 nitrogen and oxygen atoms in total. The number of rotatable bonds is 3. The maximum Gasteiger partial charge on any atom is 0.177 e. The lowest BCUT2D eigenvalue weighted by atomic mass is 9.74. The van der Waals surface area contributed by atoms with Gasteiger partial charge in [0.05, 0.1) is 12.0 Å². The third-order valence-electron chi connectivity index (χ3n) is 7.55. The Morgan fingerprint density at radius 1 is 0.767 bits per heavy atom. The minimum Gasteiger partial charge on any atom is -0.352 e. The Labute approximate surface area is 177 Å². The molecule has 2 heteroatoms. The molecule has 0 spiro atoms. The summed E-state index contributed by atoms with van der Waals surface area (Å²) in [4.78, 5) is 0. The highest BCUT2D eigenvalue weighted by Gasteiger charge is 2.60. The van der Waals surface area contributed by atoms with E-state index in [2.05, 4.69) is 78.9 Å². The Bertz CT molecular complexity index is 1230. The Balaban J connectivity index is 1.49. The molecule has 0 radical (unpaired) electrons. The second-order valence-corrected chi connectivity index (χ2v) is 8.76. The monoisotopic (exact) mass is 394 g/mol. The molecule has 1 saturated heterocycles. The van der Waals surface area contributed by atoms with Crippen LogP contribution in [0.4, 0.5) is 0 Å². The van der Waals surface area contributed by atoms with Crippen molar-refractivity contribution in [3.05, 3.63) is 84.4 Å². The first-order valence-corrected chi connectivity index (χ1v) is 11.0. The number of methoxy groups -OCH3 is 1. The molecule has 4 aromatic carbocycles. The Kier molecular flexibility index (Phi) is 4.02. The van der Waals surface area contributed by atoms with Crippen LogP contribution in [0.3, 0.4) is 0 Å². The fourth-order valence-corrected chi connectivity index (χ4v) is 6.10. The van der Waals surface area contributed by atoms with Gasteiger partial charge in [-0.1, -0.05) is 72.8 Å². The van der Waals surface area contributed by atoms with Gasteiger partial charge in [-0.3, -0.25) is 0 Å². The van der Waals surface area contributed by atoms with Crippen molar-refractivity contribution in [2.45, 2.75) is 36.9 Å². The molecule has 0 aromatic heterocycles. The summed E-state index contributed by atoms with van der Waals surface area (Å²) in [6.45, 7) is 0.783. The highest BCUT2D eigenvalue weighted by molar-refractivity contribution is 6.13. The van der Waals surface area contributed by atoms with E-state index in [9.17, 15) is 0 Å². The van der Waals surface area contributed by atoms with Crippen LogP contribution in [0, 0.1) is 0 Å². The van der Waals surface area contributed by atoms with E-state index in [1.807, 2.05) is 0 Å². The molecule has 2 unspecified atom stereocenters. The predicted octanol–water partition coefficient (Wildman–Crippen LogP) is 6.84. The highest BCUT2D eigenvalue weighted by Crippen LogP contribution is 2.57. The van der Waals surface area contributed by atoms with E-state index >= 15 is 0 Å². The van der Waals surface area contributed by atoms with E-state index in [-0.39, 0.29) is 5.41 Å². The van der Waals surface area contributed by atoms with Crippen LogP contribution in [-0.2, 0) is 14.9 Å². The molecule has 0 N–H and O–H groups in total. The summed E-state index contributed by atoms with van der Waals surface area (Å²) in [6, 6.07) is 28.9. The van der Waals surface area contributed by atoms with Crippen LogP contribution in [0.1, 0.15) is 31.2 Å². The van der Waals surface area contributed by atoms with Crippen molar-refractivity contribution >= 4 is 21.5 Å². The summed E-state index contributed by atoms with van der Waals surface area (Å²) in [6.07, 6.45) is 4.32. The second kappa shape index (κ2) is 6.66. The zero-order valence-corrected chi connectivity index (χ0v) is 17.4. The average molecular weight is 395 g/mol. The van der Waals surface area contributed by atoms with Gasteiger partial charge in [0.2, 0.25) is 0 Å². The van der Waals surface area contributed by atoms with Gasteiger partial charge in [-0.05, 0) is 63.6 Å². The number of benzene rings is 4. The molecule has 1 aliphatic carbocycles. The lowest BCUT2D eigenvalue weighted by Gasteiger charge is -2.38. The quantitative estimate of drug-likeness (QED) is 0.354. The Hall–Kier alpha value is -2.68. The van der Waals surface area contributed by atoms with E-state index in [0.717, 1.165) is 32.3 Å². The SMILES string of the molecule is COC12CCCC1(c1ccc(-c3cc4ccccc4c4ccccc34)cc1)CCO2. The first-order valence-electron chi connectivity index (χ1n) is 11.0. The van der Waals surface area contributed by atoms with E-state index in [1.165, 1.54) is 38.2 Å². The van der Waals surface area contributed by atoms with Gasteiger partial charge in [0.15, 0.2) is 5.79 Å². The lowest BCUT2D eigenvalue weighted by molar-refractivity contribution is -0.213. The predicted molar refractivity (Wildman–Crippen MR) is 123 cm³/mol. The molecule has 4 aromatic rings. The third-order valence-corrected chi connectivity index (χ3v) is 7.55. The molecular formula is C28H26O2. The highest BCUT2D eigenvalue weighted by atomic mass is 16.7. The molecule has 150 valence electrons. The van der Waals surface area contributed by atoms with Gasteiger partial charge in [0, 0.05) is 13.5 Å². The molecule has 1 heterocycles. The summed E-state index contributed by atoms with van der Waals surface area (Å²) < 4.78 is 12.1. The van der Waals surface area contributed by atoms with E-state index < -0.39 is 5.79 Å². The van der Waals surface area contributed by atoms with Crippen LogP contribution in [-0.4, -0.2) is 19.5 Å². The van der Waals surface area contributed by atoms with Crippen LogP contribution in [0.2, 0.25) is 0 Å². The summed E-state index contributed by atoms with van der Waals surface area (Å²) >= 11 is 0. The maximum absolute atomic E-state index is 6.17. The number of hydrogen-bond donors (Lipinski definition) is 0. The maximum atomic E-state index is 6.17. The standard InChI is InChI=1S/C28H26O2/c1-29-28-16-6-15-27(28,17-18-30-28)22-13-11-20(12-14-22)26-19-21-7-2-3-8-23(21)24-9-4-5-10-25(24)26/h2-5,7-14,19H,6,15-18H2,1H3. The van der Waals surface area contributed by atoms with Gasteiger partial charge in [0.1, 0.15) is 0 Å². The normalized spacial score (nSPS) is 25.8. The number of ether oxygens (including phenoxy) is 2. The summed E-state index contributed by atoms with van der Waals surface area (Å²) in [5.74, 6) is -0.440. The largest absolute Gasteiger partial charge is 0.352 e.